The van der Waals surface area contributed by atoms with E-state index in [9.17, 15) is 9.32 Å². The number of benzene rings is 2. The van der Waals surface area contributed by atoms with E-state index >= 15 is 0 Å². The molecule has 1 fully saturated rings. The van der Waals surface area contributed by atoms with Gasteiger partial charge >= 0.3 is 0 Å². The van der Waals surface area contributed by atoms with E-state index in [1.54, 1.807) is 0 Å². The minimum Gasteiger partial charge on any atom is -0.388 e. The second-order valence-electron chi connectivity index (χ2n) is 5.24. The largest absolute Gasteiger partial charge is 0.388 e. The summed E-state index contributed by atoms with van der Waals surface area (Å²) in [7, 11) is -1.29. The van der Waals surface area contributed by atoms with Crippen LogP contribution in [0.4, 0.5) is 0 Å². The van der Waals surface area contributed by atoms with Crippen molar-refractivity contribution in [2.24, 2.45) is 0 Å². The van der Waals surface area contributed by atoms with Gasteiger partial charge in [0.2, 0.25) is 0 Å². The number of rotatable bonds is 4. The van der Waals surface area contributed by atoms with Crippen LogP contribution < -0.4 is 0 Å². The average Bonchev–Trinajstić information content (AvgIpc) is 3.04. The third kappa shape index (κ3) is 3.16. The molecule has 1 N–H and O–H groups in total. The van der Waals surface area contributed by atoms with Gasteiger partial charge in [-0.1, -0.05) is 48.0 Å². The van der Waals surface area contributed by atoms with Gasteiger partial charge in [-0.05, 0) is 43.9 Å². The van der Waals surface area contributed by atoms with E-state index in [0.717, 1.165) is 16.0 Å². The molecule has 5 radical (unpaired) electrons. The highest BCUT2D eigenvalue weighted by Gasteiger charge is 2.39. The zero-order valence-electron chi connectivity index (χ0n) is 12.3. The number of hydrogen-bond acceptors (Lipinski definition) is 2. The van der Waals surface area contributed by atoms with E-state index in [1.807, 2.05) is 80.8 Å². The molecule has 0 heterocycles. The van der Waals surface area contributed by atoms with Crippen LogP contribution in [0.1, 0.15) is 17.2 Å². The van der Waals surface area contributed by atoms with Crippen LogP contribution in [0.2, 0.25) is 0 Å². The predicted octanol–water partition coefficient (Wildman–Crippen LogP) is 3.57. The first-order valence-corrected chi connectivity index (χ1v) is 8.29. The summed E-state index contributed by atoms with van der Waals surface area (Å²) in [5.41, 5.74) is 1.93. The van der Waals surface area contributed by atoms with Crippen molar-refractivity contribution < 1.29 is 9.32 Å². The highest BCUT2D eigenvalue weighted by Crippen LogP contribution is 2.45. The summed E-state index contributed by atoms with van der Waals surface area (Å²) in [5, 5.41) is 11.2. The average molecular weight is 309 g/mol. The molecule has 2 aromatic rings. The third-order valence-corrected chi connectivity index (χ3v) is 5.12. The molecule has 1 unspecified atom stereocenters. The first-order valence-electron chi connectivity index (χ1n) is 7.14. The monoisotopic (exact) mass is 309 g/mol. The maximum atomic E-state index is 12.8. The van der Waals surface area contributed by atoms with E-state index in [2.05, 4.69) is 0 Å². The molecule has 2 nitrogen and oxygen atoms in total. The number of aryl methyl sites for hydroxylation is 1. The van der Waals surface area contributed by atoms with Gasteiger partial charge in [-0.2, -0.15) is 0 Å². The third-order valence-electron chi connectivity index (χ3n) is 3.65. The Hall–Kier alpha value is -1.45. The standard InChI is InChI=1S/C19H17O2S/c1-14-10-12-16(13-11-14)22(21)18-9-5-8-17(18)19(20)15-6-3-2-4-7-15/h2-13,19-20H,1H3/t19?,22-/m0/s1. The van der Waals surface area contributed by atoms with Gasteiger partial charge in [0, 0.05) is 10.8 Å². The topological polar surface area (TPSA) is 37.3 Å². The van der Waals surface area contributed by atoms with Crippen LogP contribution in [0, 0.1) is 37.4 Å². The van der Waals surface area contributed by atoms with Crippen molar-refractivity contribution in [2.75, 3.05) is 0 Å². The van der Waals surface area contributed by atoms with Gasteiger partial charge in [0.1, 0.15) is 0 Å². The quantitative estimate of drug-likeness (QED) is 0.937. The van der Waals surface area contributed by atoms with Crippen molar-refractivity contribution in [1.29, 1.82) is 0 Å². The number of aliphatic hydroxyl groups excluding tert-OH is 1. The SMILES string of the molecule is Cc1ccc([S@](=O)[C]2[CH][CH][CH][C]2C(O)c2ccccc2)cc1. The normalized spacial score (nSPS) is 19.2. The van der Waals surface area contributed by atoms with Crippen molar-refractivity contribution in [3.8, 4) is 0 Å². The van der Waals surface area contributed by atoms with Crippen LogP contribution in [-0.2, 0) is 10.8 Å². The van der Waals surface area contributed by atoms with Gasteiger partial charge in [0.25, 0.3) is 0 Å². The summed E-state index contributed by atoms with van der Waals surface area (Å²) in [6.07, 6.45) is 4.72. The van der Waals surface area contributed by atoms with Gasteiger partial charge in [-0.3, -0.25) is 4.21 Å². The van der Waals surface area contributed by atoms with Crippen LogP contribution in [0.5, 0.6) is 0 Å². The summed E-state index contributed by atoms with van der Waals surface area (Å²) in [4.78, 5) is 0.748. The lowest BCUT2D eigenvalue weighted by atomic mass is 9.94. The van der Waals surface area contributed by atoms with Crippen LogP contribution in [0.3, 0.4) is 0 Å². The van der Waals surface area contributed by atoms with Crippen molar-refractivity contribution in [2.45, 2.75) is 17.9 Å². The summed E-state index contributed by atoms with van der Waals surface area (Å²) in [6, 6.07) is 17.1. The van der Waals surface area contributed by atoms with Crippen molar-refractivity contribution in [3.63, 3.8) is 0 Å². The Morgan fingerprint density at radius 3 is 2.32 bits per heavy atom. The fourth-order valence-corrected chi connectivity index (χ4v) is 3.65. The lowest BCUT2D eigenvalue weighted by Crippen LogP contribution is -2.18. The first-order chi connectivity index (χ1) is 10.7. The molecule has 22 heavy (non-hydrogen) atoms. The molecule has 0 saturated heterocycles. The van der Waals surface area contributed by atoms with E-state index in [4.69, 9.17) is 0 Å². The van der Waals surface area contributed by atoms with E-state index in [-0.39, 0.29) is 0 Å². The summed E-state index contributed by atoms with van der Waals surface area (Å²) in [5.74, 6) is 0.699. The van der Waals surface area contributed by atoms with E-state index < -0.39 is 16.9 Å². The molecule has 3 heteroatoms. The fraction of sp³-hybridized carbons (Fsp3) is 0.105. The summed E-state index contributed by atoms with van der Waals surface area (Å²) in [6.45, 7) is 2.00. The Morgan fingerprint density at radius 2 is 1.64 bits per heavy atom. The molecule has 2 atom stereocenters. The van der Waals surface area contributed by atoms with E-state index in [0.29, 0.717) is 11.2 Å². The van der Waals surface area contributed by atoms with Crippen LogP contribution in [0.15, 0.2) is 59.5 Å². The van der Waals surface area contributed by atoms with Crippen molar-refractivity contribution in [1.82, 2.24) is 0 Å². The molecule has 1 aliphatic carbocycles. The van der Waals surface area contributed by atoms with Gasteiger partial charge in [0.05, 0.1) is 22.2 Å². The molecule has 111 valence electrons. The molecule has 3 rings (SSSR count). The van der Waals surface area contributed by atoms with Gasteiger partial charge in [0.15, 0.2) is 0 Å². The molecular weight excluding hydrogens is 292 g/mol. The Morgan fingerprint density at radius 1 is 0.955 bits per heavy atom. The zero-order valence-corrected chi connectivity index (χ0v) is 13.1. The van der Waals surface area contributed by atoms with Crippen LogP contribution in [-0.4, -0.2) is 9.32 Å². The molecule has 2 aromatic carbocycles. The van der Waals surface area contributed by atoms with Crippen LogP contribution >= 0.6 is 0 Å². The van der Waals surface area contributed by atoms with Gasteiger partial charge < -0.3 is 5.11 Å². The molecule has 0 aliphatic heterocycles. The number of aliphatic hydroxyl groups is 1. The molecule has 1 aliphatic rings. The summed E-state index contributed by atoms with van der Waals surface area (Å²) >= 11 is 0. The highest BCUT2D eigenvalue weighted by atomic mass is 32.2. The second-order valence-corrected chi connectivity index (χ2v) is 6.69. The van der Waals surface area contributed by atoms with Crippen molar-refractivity contribution >= 4 is 10.8 Å². The second kappa shape index (κ2) is 6.76. The Bertz CT molecular complexity index is 636. The first kappa shape index (κ1) is 15.4. The molecule has 0 aromatic heterocycles. The lowest BCUT2D eigenvalue weighted by Gasteiger charge is -2.23. The van der Waals surface area contributed by atoms with E-state index in [1.165, 1.54) is 0 Å². The minimum absolute atomic E-state index is 0.667. The molecule has 0 bridgehead atoms. The lowest BCUT2D eigenvalue weighted by molar-refractivity contribution is 0.199. The highest BCUT2D eigenvalue weighted by molar-refractivity contribution is 7.88. The molecule has 0 amide bonds. The fourth-order valence-electron chi connectivity index (χ4n) is 2.42. The maximum Gasteiger partial charge on any atom is 0.0871 e. The van der Waals surface area contributed by atoms with Gasteiger partial charge in [-0.25, -0.2) is 0 Å². The number of hydrogen-bond donors (Lipinski definition) is 1. The van der Waals surface area contributed by atoms with Gasteiger partial charge in [-0.15, -0.1) is 0 Å². The molecule has 0 spiro atoms. The Balaban J connectivity index is 1.81. The smallest absolute Gasteiger partial charge is 0.0871 e. The predicted molar refractivity (Wildman–Crippen MR) is 88.4 cm³/mol. The Labute approximate surface area is 134 Å². The Kier molecular flexibility index (Phi) is 4.74. The zero-order chi connectivity index (χ0) is 15.5. The van der Waals surface area contributed by atoms with Crippen LogP contribution in [0.25, 0.3) is 0 Å². The molecule has 1 saturated carbocycles. The molecular formula is C19H17O2S. The summed E-state index contributed by atoms with van der Waals surface area (Å²) < 4.78 is 12.8. The van der Waals surface area contributed by atoms with Crippen molar-refractivity contribution in [3.05, 3.63) is 96.2 Å². The minimum atomic E-state index is -1.29. The maximum absolute atomic E-state index is 12.8.